The van der Waals surface area contributed by atoms with Crippen LogP contribution in [0, 0.1) is 0 Å². The van der Waals surface area contributed by atoms with E-state index in [2.05, 4.69) is 11.4 Å². The van der Waals surface area contributed by atoms with Crippen molar-refractivity contribution >= 4 is 0 Å². The maximum Gasteiger partial charge on any atom is 0.126 e. The number of nitrogens with one attached hydrogen (secondary N) is 1. The third-order valence-corrected chi connectivity index (χ3v) is 2.79. The zero-order valence-corrected chi connectivity index (χ0v) is 8.94. The van der Waals surface area contributed by atoms with Gasteiger partial charge in [-0.3, -0.25) is 0 Å². The number of hydrogen-bond acceptors (Lipinski definition) is 3. The fourth-order valence-electron chi connectivity index (χ4n) is 1.96. The number of ether oxygens (including phenoxy) is 1. The van der Waals surface area contributed by atoms with Gasteiger partial charge in [0.1, 0.15) is 18.0 Å². The van der Waals surface area contributed by atoms with Gasteiger partial charge in [-0.05, 0) is 31.5 Å². The van der Waals surface area contributed by atoms with Crippen LogP contribution in [0.15, 0.2) is 24.3 Å². The van der Waals surface area contributed by atoms with Crippen molar-refractivity contribution in [1.82, 2.24) is 5.32 Å². The summed E-state index contributed by atoms with van der Waals surface area (Å²) in [5.41, 5.74) is 1.24. The summed E-state index contributed by atoms with van der Waals surface area (Å²) in [6.45, 7) is 0.576. The van der Waals surface area contributed by atoms with E-state index in [1.165, 1.54) is 5.56 Å². The van der Waals surface area contributed by atoms with Gasteiger partial charge < -0.3 is 15.2 Å². The molecule has 0 amide bonds. The SMILES string of the molecule is CNCC(O)C1CCc2ccccc2O1. The smallest absolute Gasteiger partial charge is 0.126 e. The first kappa shape index (κ1) is 10.5. The molecule has 3 heteroatoms. The molecule has 0 bridgehead atoms. The Bertz CT molecular complexity index is 327. The van der Waals surface area contributed by atoms with Crippen molar-refractivity contribution in [2.24, 2.45) is 0 Å². The molecule has 0 saturated carbocycles. The standard InChI is InChI=1S/C12H17NO2/c1-13-8-10(14)12-7-6-9-4-2-3-5-11(9)15-12/h2-5,10,12-14H,6-8H2,1H3. The minimum Gasteiger partial charge on any atom is -0.487 e. The van der Waals surface area contributed by atoms with E-state index in [1.54, 1.807) is 0 Å². The Kier molecular flexibility index (Phi) is 3.23. The molecule has 3 nitrogen and oxygen atoms in total. The first-order valence-corrected chi connectivity index (χ1v) is 5.38. The van der Waals surface area contributed by atoms with Gasteiger partial charge in [-0.1, -0.05) is 18.2 Å². The van der Waals surface area contributed by atoms with Crippen LogP contribution in [0.2, 0.25) is 0 Å². The lowest BCUT2D eigenvalue weighted by Gasteiger charge is -2.29. The maximum atomic E-state index is 9.81. The summed E-state index contributed by atoms with van der Waals surface area (Å²) in [5, 5.41) is 12.8. The molecule has 2 rings (SSSR count). The van der Waals surface area contributed by atoms with E-state index in [9.17, 15) is 5.11 Å². The van der Waals surface area contributed by atoms with Crippen molar-refractivity contribution in [3.63, 3.8) is 0 Å². The molecule has 0 radical (unpaired) electrons. The Morgan fingerprint density at radius 1 is 1.53 bits per heavy atom. The number of aliphatic hydroxyl groups excluding tert-OH is 1. The summed E-state index contributed by atoms with van der Waals surface area (Å²) in [6, 6.07) is 8.03. The highest BCUT2D eigenvalue weighted by Gasteiger charge is 2.25. The molecule has 2 atom stereocenters. The zero-order chi connectivity index (χ0) is 10.7. The molecule has 1 aromatic carbocycles. The third kappa shape index (κ3) is 2.30. The average molecular weight is 207 g/mol. The molecule has 0 aliphatic carbocycles. The third-order valence-electron chi connectivity index (χ3n) is 2.79. The van der Waals surface area contributed by atoms with E-state index in [4.69, 9.17) is 4.74 Å². The number of aliphatic hydroxyl groups is 1. The van der Waals surface area contributed by atoms with Crippen LogP contribution in [0.1, 0.15) is 12.0 Å². The van der Waals surface area contributed by atoms with Gasteiger partial charge in [0.25, 0.3) is 0 Å². The van der Waals surface area contributed by atoms with E-state index in [1.807, 2.05) is 25.2 Å². The van der Waals surface area contributed by atoms with Gasteiger partial charge in [0.05, 0.1) is 0 Å². The van der Waals surface area contributed by atoms with Gasteiger partial charge >= 0.3 is 0 Å². The van der Waals surface area contributed by atoms with E-state index >= 15 is 0 Å². The fraction of sp³-hybridized carbons (Fsp3) is 0.500. The maximum absolute atomic E-state index is 9.81. The van der Waals surface area contributed by atoms with Crippen molar-refractivity contribution in [1.29, 1.82) is 0 Å². The van der Waals surface area contributed by atoms with E-state index in [0.29, 0.717) is 6.54 Å². The molecular weight excluding hydrogens is 190 g/mol. The van der Waals surface area contributed by atoms with Crippen molar-refractivity contribution in [2.75, 3.05) is 13.6 Å². The summed E-state index contributed by atoms with van der Waals surface area (Å²) < 4.78 is 5.76. The van der Waals surface area contributed by atoms with Crippen LogP contribution < -0.4 is 10.1 Å². The largest absolute Gasteiger partial charge is 0.487 e. The zero-order valence-electron chi connectivity index (χ0n) is 8.94. The van der Waals surface area contributed by atoms with Crippen LogP contribution in [-0.2, 0) is 6.42 Å². The van der Waals surface area contributed by atoms with Crippen LogP contribution >= 0.6 is 0 Å². The topological polar surface area (TPSA) is 41.5 Å². The van der Waals surface area contributed by atoms with Gasteiger partial charge in [0.15, 0.2) is 0 Å². The summed E-state index contributed by atoms with van der Waals surface area (Å²) in [4.78, 5) is 0. The van der Waals surface area contributed by atoms with E-state index in [-0.39, 0.29) is 6.10 Å². The fourth-order valence-corrected chi connectivity index (χ4v) is 1.96. The number of aryl methyl sites for hydroxylation is 1. The first-order chi connectivity index (χ1) is 7.31. The summed E-state index contributed by atoms with van der Waals surface area (Å²) in [6.07, 6.45) is 1.37. The highest BCUT2D eigenvalue weighted by molar-refractivity contribution is 5.35. The average Bonchev–Trinajstić information content (AvgIpc) is 2.29. The molecule has 1 aliphatic rings. The Balaban J connectivity index is 2.05. The van der Waals surface area contributed by atoms with Crippen molar-refractivity contribution in [2.45, 2.75) is 25.0 Å². The summed E-state index contributed by atoms with van der Waals surface area (Å²) in [5.74, 6) is 0.920. The molecule has 0 fully saturated rings. The quantitative estimate of drug-likeness (QED) is 0.775. The second-order valence-electron chi connectivity index (χ2n) is 3.93. The molecule has 0 spiro atoms. The molecule has 0 aromatic heterocycles. The lowest BCUT2D eigenvalue weighted by atomic mass is 9.99. The normalized spacial score (nSPS) is 21.6. The van der Waals surface area contributed by atoms with E-state index in [0.717, 1.165) is 18.6 Å². The minimum absolute atomic E-state index is 0.0765. The lowest BCUT2D eigenvalue weighted by Crippen LogP contribution is -2.40. The van der Waals surface area contributed by atoms with Crippen molar-refractivity contribution in [3.05, 3.63) is 29.8 Å². The first-order valence-electron chi connectivity index (χ1n) is 5.38. The van der Waals surface area contributed by atoms with Crippen LogP contribution in [0.3, 0.4) is 0 Å². The van der Waals surface area contributed by atoms with E-state index < -0.39 is 6.10 Å². The Morgan fingerprint density at radius 2 is 2.33 bits per heavy atom. The number of hydrogen-bond donors (Lipinski definition) is 2. The number of likely N-dealkylation sites (N-methyl/N-ethyl adjacent to an activating group) is 1. The Morgan fingerprint density at radius 3 is 3.13 bits per heavy atom. The van der Waals surface area contributed by atoms with Gasteiger partial charge in [-0.2, -0.15) is 0 Å². The van der Waals surface area contributed by atoms with Gasteiger partial charge in [0.2, 0.25) is 0 Å². The van der Waals surface area contributed by atoms with Crippen LogP contribution in [0.25, 0.3) is 0 Å². The molecule has 2 unspecified atom stereocenters. The Hall–Kier alpha value is -1.06. The monoisotopic (exact) mass is 207 g/mol. The molecule has 2 N–H and O–H groups in total. The van der Waals surface area contributed by atoms with Crippen LogP contribution in [-0.4, -0.2) is 30.9 Å². The summed E-state index contributed by atoms with van der Waals surface area (Å²) >= 11 is 0. The molecule has 1 aliphatic heterocycles. The van der Waals surface area contributed by atoms with Crippen LogP contribution in [0.5, 0.6) is 5.75 Å². The number of fused-ring (bicyclic) bond motifs is 1. The Labute approximate surface area is 90.1 Å². The minimum atomic E-state index is -0.427. The second kappa shape index (κ2) is 4.64. The predicted molar refractivity (Wildman–Crippen MR) is 59.1 cm³/mol. The summed E-state index contributed by atoms with van der Waals surface area (Å²) in [7, 11) is 1.83. The molecule has 82 valence electrons. The predicted octanol–water partition coefficient (Wildman–Crippen LogP) is 0.960. The lowest BCUT2D eigenvalue weighted by molar-refractivity contribution is 0.0256. The number of para-hydroxylation sites is 1. The van der Waals surface area contributed by atoms with Crippen molar-refractivity contribution < 1.29 is 9.84 Å². The molecule has 0 saturated heterocycles. The van der Waals surface area contributed by atoms with Gasteiger partial charge in [0, 0.05) is 6.54 Å². The van der Waals surface area contributed by atoms with Gasteiger partial charge in [-0.25, -0.2) is 0 Å². The second-order valence-corrected chi connectivity index (χ2v) is 3.93. The highest BCUT2D eigenvalue weighted by atomic mass is 16.5. The molecule has 1 heterocycles. The molecular formula is C12H17NO2. The van der Waals surface area contributed by atoms with Gasteiger partial charge in [-0.15, -0.1) is 0 Å². The number of benzene rings is 1. The van der Waals surface area contributed by atoms with Crippen LogP contribution in [0.4, 0.5) is 0 Å². The molecule has 15 heavy (non-hydrogen) atoms. The highest BCUT2D eigenvalue weighted by Crippen LogP contribution is 2.27. The van der Waals surface area contributed by atoms with Crippen molar-refractivity contribution in [3.8, 4) is 5.75 Å². The number of rotatable bonds is 3. The molecule has 1 aromatic rings.